The molecule has 0 heterocycles. The van der Waals surface area contributed by atoms with Crippen LogP contribution >= 0.6 is 0 Å². The smallest absolute Gasteiger partial charge is 0.336 e. The number of methoxy groups -OCH3 is 1. The van der Waals surface area contributed by atoms with Crippen LogP contribution in [-0.4, -0.2) is 37.4 Å². The molecule has 0 fully saturated rings. The standard InChI is InChI=1S/C15H22N2O4/c1-9(8-21-4)7-16-15(20)17-12-5-10(2)11(3)13(6-12)14(18)19/h5-6,9H,7-8H2,1-4H3,(H,18,19)(H2,16,17,20). The van der Waals surface area contributed by atoms with Gasteiger partial charge in [-0.1, -0.05) is 6.92 Å². The van der Waals surface area contributed by atoms with Crippen LogP contribution < -0.4 is 10.6 Å². The van der Waals surface area contributed by atoms with Crippen LogP contribution in [0.2, 0.25) is 0 Å². The fraction of sp³-hybridized carbons (Fsp3) is 0.467. The van der Waals surface area contributed by atoms with E-state index in [1.165, 1.54) is 6.07 Å². The number of carboxylic acids is 1. The Hall–Kier alpha value is -2.08. The van der Waals surface area contributed by atoms with Crippen LogP contribution in [0.4, 0.5) is 10.5 Å². The summed E-state index contributed by atoms with van der Waals surface area (Å²) in [6, 6.07) is 2.85. The van der Waals surface area contributed by atoms with E-state index < -0.39 is 5.97 Å². The second-order valence-corrected chi connectivity index (χ2v) is 5.17. The zero-order chi connectivity index (χ0) is 16.0. The zero-order valence-electron chi connectivity index (χ0n) is 12.8. The lowest BCUT2D eigenvalue weighted by Crippen LogP contribution is -2.33. The first-order valence-electron chi connectivity index (χ1n) is 6.73. The van der Waals surface area contributed by atoms with Crippen LogP contribution in [0.1, 0.15) is 28.4 Å². The van der Waals surface area contributed by atoms with E-state index in [1.807, 2.05) is 13.8 Å². The third-order valence-electron chi connectivity index (χ3n) is 3.22. The average molecular weight is 294 g/mol. The number of carboxylic acid groups (broad SMARTS) is 1. The predicted molar refractivity (Wildman–Crippen MR) is 80.9 cm³/mol. The summed E-state index contributed by atoms with van der Waals surface area (Å²) in [5.41, 5.74) is 2.17. The van der Waals surface area contributed by atoms with Gasteiger partial charge in [0.05, 0.1) is 12.2 Å². The maximum Gasteiger partial charge on any atom is 0.336 e. The number of hydrogen-bond acceptors (Lipinski definition) is 3. The molecule has 1 aromatic carbocycles. The highest BCUT2D eigenvalue weighted by molar-refractivity contribution is 5.94. The van der Waals surface area contributed by atoms with E-state index in [1.54, 1.807) is 20.1 Å². The SMILES string of the molecule is COCC(C)CNC(=O)Nc1cc(C)c(C)c(C(=O)O)c1. The molecule has 1 aromatic rings. The number of benzene rings is 1. The maximum atomic E-state index is 11.8. The van der Waals surface area contributed by atoms with Crippen molar-refractivity contribution >= 4 is 17.7 Å². The molecule has 0 saturated carbocycles. The third-order valence-corrected chi connectivity index (χ3v) is 3.22. The van der Waals surface area contributed by atoms with Crippen molar-refractivity contribution in [2.45, 2.75) is 20.8 Å². The van der Waals surface area contributed by atoms with Crippen LogP contribution in [0.25, 0.3) is 0 Å². The van der Waals surface area contributed by atoms with E-state index in [-0.39, 0.29) is 17.5 Å². The lowest BCUT2D eigenvalue weighted by Gasteiger charge is -2.14. The van der Waals surface area contributed by atoms with Crippen molar-refractivity contribution in [2.24, 2.45) is 5.92 Å². The van der Waals surface area contributed by atoms with Gasteiger partial charge in [-0.3, -0.25) is 0 Å². The molecule has 1 atom stereocenters. The summed E-state index contributed by atoms with van der Waals surface area (Å²) in [6.07, 6.45) is 0. The summed E-state index contributed by atoms with van der Waals surface area (Å²) >= 11 is 0. The summed E-state index contributed by atoms with van der Waals surface area (Å²) in [7, 11) is 1.61. The fourth-order valence-corrected chi connectivity index (χ4v) is 1.94. The van der Waals surface area contributed by atoms with Crippen LogP contribution in [0.5, 0.6) is 0 Å². The number of carbonyl (C=O) groups excluding carboxylic acids is 1. The number of nitrogens with one attached hydrogen (secondary N) is 2. The molecular formula is C15H22N2O4. The molecule has 2 amide bonds. The molecule has 3 N–H and O–H groups in total. The number of hydrogen-bond donors (Lipinski definition) is 3. The summed E-state index contributed by atoms with van der Waals surface area (Å²) in [4.78, 5) is 22.9. The van der Waals surface area contributed by atoms with Gasteiger partial charge >= 0.3 is 12.0 Å². The molecule has 0 radical (unpaired) electrons. The van der Waals surface area contributed by atoms with E-state index in [0.717, 1.165) is 5.56 Å². The largest absolute Gasteiger partial charge is 0.478 e. The van der Waals surface area contributed by atoms with Gasteiger partial charge in [-0.15, -0.1) is 0 Å². The Kier molecular flexibility index (Phi) is 6.17. The Morgan fingerprint density at radius 3 is 2.57 bits per heavy atom. The monoisotopic (exact) mass is 294 g/mol. The summed E-state index contributed by atoms with van der Waals surface area (Å²) < 4.78 is 4.99. The van der Waals surface area contributed by atoms with Crippen LogP contribution in [-0.2, 0) is 4.74 Å². The molecule has 0 aliphatic rings. The number of aryl methyl sites for hydroxylation is 1. The van der Waals surface area contributed by atoms with E-state index in [0.29, 0.717) is 24.4 Å². The van der Waals surface area contributed by atoms with Gasteiger partial charge in [0.15, 0.2) is 0 Å². The Morgan fingerprint density at radius 2 is 2.00 bits per heavy atom. The Bertz CT molecular complexity index is 529. The highest BCUT2D eigenvalue weighted by Gasteiger charge is 2.12. The molecule has 116 valence electrons. The van der Waals surface area contributed by atoms with Gasteiger partial charge in [0.2, 0.25) is 0 Å². The fourth-order valence-electron chi connectivity index (χ4n) is 1.94. The van der Waals surface area contributed by atoms with Crippen molar-refractivity contribution in [3.05, 3.63) is 28.8 Å². The normalized spacial score (nSPS) is 11.8. The van der Waals surface area contributed by atoms with E-state index in [2.05, 4.69) is 10.6 Å². The summed E-state index contributed by atoms with van der Waals surface area (Å²) in [5, 5.41) is 14.5. The second-order valence-electron chi connectivity index (χ2n) is 5.17. The lowest BCUT2D eigenvalue weighted by molar-refractivity contribution is 0.0696. The van der Waals surface area contributed by atoms with Gasteiger partial charge in [0.1, 0.15) is 0 Å². The zero-order valence-corrected chi connectivity index (χ0v) is 12.8. The third kappa shape index (κ3) is 5.07. The number of aromatic carboxylic acids is 1. The lowest BCUT2D eigenvalue weighted by atomic mass is 10.0. The molecule has 0 saturated heterocycles. The number of rotatable bonds is 6. The highest BCUT2D eigenvalue weighted by atomic mass is 16.5. The molecule has 0 aliphatic carbocycles. The van der Waals surface area contributed by atoms with Crippen molar-refractivity contribution in [3.8, 4) is 0 Å². The molecular weight excluding hydrogens is 272 g/mol. The molecule has 1 rings (SSSR count). The van der Waals surface area contributed by atoms with Crippen molar-refractivity contribution in [2.75, 3.05) is 25.6 Å². The maximum absolute atomic E-state index is 11.8. The highest BCUT2D eigenvalue weighted by Crippen LogP contribution is 2.20. The Morgan fingerprint density at radius 1 is 1.33 bits per heavy atom. The molecule has 6 heteroatoms. The molecule has 0 aliphatic heterocycles. The van der Waals surface area contributed by atoms with Gasteiger partial charge in [-0.2, -0.15) is 0 Å². The van der Waals surface area contributed by atoms with Gasteiger partial charge in [0.25, 0.3) is 0 Å². The number of carbonyl (C=O) groups is 2. The van der Waals surface area contributed by atoms with Gasteiger partial charge in [0, 0.05) is 19.3 Å². The molecule has 0 spiro atoms. The minimum absolute atomic E-state index is 0.193. The minimum atomic E-state index is -1.01. The molecule has 1 unspecified atom stereocenters. The average Bonchev–Trinajstić information content (AvgIpc) is 2.40. The Labute approximate surface area is 124 Å². The molecule has 0 aromatic heterocycles. The molecule has 21 heavy (non-hydrogen) atoms. The van der Waals surface area contributed by atoms with Gasteiger partial charge in [-0.25, -0.2) is 9.59 Å². The molecule has 0 bridgehead atoms. The van der Waals surface area contributed by atoms with Crippen molar-refractivity contribution in [1.82, 2.24) is 5.32 Å². The predicted octanol–water partition coefficient (Wildman–Crippen LogP) is 2.41. The number of amides is 2. The first kappa shape index (κ1) is 17.0. The molecule has 6 nitrogen and oxygen atoms in total. The van der Waals surface area contributed by atoms with Gasteiger partial charge < -0.3 is 20.5 Å². The summed E-state index contributed by atoms with van der Waals surface area (Å²) in [6.45, 7) is 6.56. The van der Waals surface area contributed by atoms with Gasteiger partial charge in [-0.05, 0) is 43.0 Å². The Balaban J connectivity index is 2.70. The quantitative estimate of drug-likeness (QED) is 0.752. The summed E-state index contributed by atoms with van der Waals surface area (Å²) in [5.74, 6) is -0.802. The topological polar surface area (TPSA) is 87.7 Å². The number of urea groups is 1. The number of ether oxygens (including phenoxy) is 1. The van der Waals surface area contributed by atoms with E-state index >= 15 is 0 Å². The van der Waals surface area contributed by atoms with Crippen LogP contribution in [0.3, 0.4) is 0 Å². The number of anilines is 1. The van der Waals surface area contributed by atoms with Crippen LogP contribution in [0.15, 0.2) is 12.1 Å². The van der Waals surface area contributed by atoms with Crippen molar-refractivity contribution < 1.29 is 19.4 Å². The van der Waals surface area contributed by atoms with E-state index in [4.69, 9.17) is 9.84 Å². The first-order valence-corrected chi connectivity index (χ1v) is 6.73. The first-order chi connectivity index (χ1) is 9.85. The van der Waals surface area contributed by atoms with Crippen molar-refractivity contribution in [3.63, 3.8) is 0 Å². The van der Waals surface area contributed by atoms with Crippen molar-refractivity contribution in [1.29, 1.82) is 0 Å². The van der Waals surface area contributed by atoms with Crippen LogP contribution in [0, 0.1) is 19.8 Å². The minimum Gasteiger partial charge on any atom is -0.478 e. The van der Waals surface area contributed by atoms with E-state index in [9.17, 15) is 9.59 Å². The second kappa shape index (κ2) is 7.64.